The Labute approximate surface area is 183 Å². The van der Waals surface area contributed by atoms with Crippen molar-refractivity contribution in [2.45, 2.75) is 13.1 Å². The molecule has 3 heterocycles. The summed E-state index contributed by atoms with van der Waals surface area (Å²) >= 11 is 1.16. The van der Waals surface area contributed by atoms with Crippen molar-refractivity contribution >= 4 is 22.4 Å². The smallest absolute Gasteiger partial charge is 0.416 e. The van der Waals surface area contributed by atoms with Crippen LogP contribution in [-0.2, 0) is 6.18 Å². The highest BCUT2D eigenvalue weighted by molar-refractivity contribution is 7.15. The van der Waals surface area contributed by atoms with Gasteiger partial charge in [-0.25, -0.2) is 0 Å². The van der Waals surface area contributed by atoms with E-state index in [2.05, 4.69) is 10.1 Å². The molecule has 0 spiro atoms. The first-order valence-corrected chi connectivity index (χ1v) is 10.4. The molecule has 2 aromatic carbocycles. The molecule has 0 saturated carbocycles. The number of hydrogen-bond acceptors (Lipinski definition) is 5. The van der Waals surface area contributed by atoms with Gasteiger partial charge in [0.15, 0.2) is 5.82 Å². The number of nitrogens with zero attached hydrogens (tertiary/aromatic N) is 3. The van der Waals surface area contributed by atoms with Gasteiger partial charge in [0.2, 0.25) is 4.96 Å². The second kappa shape index (κ2) is 7.45. The predicted octanol–water partition coefficient (Wildman–Crippen LogP) is 4.95. The molecule has 5 aromatic rings. The Bertz CT molecular complexity index is 1550. The molecule has 0 N–H and O–H groups in total. The predicted molar refractivity (Wildman–Crippen MR) is 115 cm³/mol. The average Bonchev–Trinajstić information content (AvgIpc) is 3.46. The maximum Gasteiger partial charge on any atom is 0.416 e. The SMILES string of the molecule is Cc1ccc(-c2nc3s/c(=C\c4ccc(-c5cccc(C(F)(F)F)c5)o4)c(=O)n3n2)cc1. The molecule has 0 aliphatic rings. The molecule has 3 aromatic heterocycles. The Hall–Kier alpha value is -3.72. The van der Waals surface area contributed by atoms with Crippen LogP contribution < -0.4 is 10.1 Å². The lowest BCUT2D eigenvalue weighted by Gasteiger charge is -2.07. The van der Waals surface area contributed by atoms with E-state index in [1.165, 1.54) is 22.7 Å². The summed E-state index contributed by atoms with van der Waals surface area (Å²) < 4.78 is 46.2. The Kier molecular flexibility index (Phi) is 4.70. The summed E-state index contributed by atoms with van der Waals surface area (Å²) in [6.45, 7) is 1.98. The number of rotatable bonds is 3. The fourth-order valence-electron chi connectivity index (χ4n) is 3.22. The van der Waals surface area contributed by atoms with Crippen molar-refractivity contribution in [1.82, 2.24) is 14.6 Å². The van der Waals surface area contributed by atoms with Crippen LogP contribution in [0.25, 0.3) is 33.7 Å². The Morgan fingerprint density at radius 3 is 2.53 bits per heavy atom. The summed E-state index contributed by atoms with van der Waals surface area (Å²) in [5, 5.41) is 4.31. The number of benzene rings is 2. The highest BCUT2D eigenvalue weighted by Gasteiger charge is 2.30. The average molecular weight is 453 g/mol. The molecule has 0 aliphatic heterocycles. The zero-order chi connectivity index (χ0) is 22.5. The van der Waals surface area contributed by atoms with E-state index >= 15 is 0 Å². The van der Waals surface area contributed by atoms with Gasteiger partial charge in [-0.1, -0.05) is 53.3 Å². The molecule has 0 atom stereocenters. The number of alkyl halides is 3. The molecular weight excluding hydrogens is 439 g/mol. The van der Waals surface area contributed by atoms with E-state index < -0.39 is 11.7 Å². The van der Waals surface area contributed by atoms with Gasteiger partial charge in [0.25, 0.3) is 5.56 Å². The van der Waals surface area contributed by atoms with E-state index in [0.717, 1.165) is 34.6 Å². The number of halogens is 3. The van der Waals surface area contributed by atoms with Crippen LogP contribution in [0.3, 0.4) is 0 Å². The van der Waals surface area contributed by atoms with Crippen LogP contribution in [0.1, 0.15) is 16.9 Å². The van der Waals surface area contributed by atoms with E-state index in [0.29, 0.717) is 26.6 Å². The molecule has 0 bridgehead atoms. The number of aromatic nitrogens is 3. The minimum atomic E-state index is -4.44. The molecule has 0 unspecified atom stereocenters. The summed E-state index contributed by atoms with van der Waals surface area (Å²) in [5.41, 5.74) is 1.13. The summed E-state index contributed by atoms with van der Waals surface area (Å²) in [6, 6.07) is 15.7. The first-order chi connectivity index (χ1) is 15.3. The fraction of sp³-hybridized carbons (Fsp3) is 0.0870. The number of hydrogen-bond donors (Lipinski definition) is 0. The van der Waals surface area contributed by atoms with Crippen molar-refractivity contribution in [2.75, 3.05) is 0 Å². The van der Waals surface area contributed by atoms with E-state index in [-0.39, 0.29) is 11.3 Å². The van der Waals surface area contributed by atoms with Gasteiger partial charge in [0.1, 0.15) is 16.1 Å². The van der Waals surface area contributed by atoms with Gasteiger partial charge >= 0.3 is 6.18 Å². The third-order valence-electron chi connectivity index (χ3n) is 4.87. The van der Waals surface area contributed by atoms with Crippen LogP contribution in [0.15, 0.2) is 69.9 Å². The molecule has 0 amide bonds. The first-order valence-electron chi connectivity index (χ1n) is 9.54. The van der Waals surface area contributed by atoms with E-state index in [4.69, 9.17) is 4.42 Å². The van der Waals surface area contributed by atoms with Crippen molar-refractivity contribution in [2.24, 2.45) is 0 Å². The minimum Gasteiger partial charge on any atom is -0.457 e. The van der Waals surface area contributed by atoms with Crippen molar-refractivity contribution in [3.63, 3.8) is 0 Å². The lowest BCUT2D eigenvalue weighted by molar-refractivity contribution is -0.137. The Morgan fingerprint density at radius 2 is 1.81 bits per heavy atom. The van der Waals surface area contributed by atoms with Crippen molar-refractivity contribution in [1.29, 1.82) is 0 Å². The van der Waals surface area contributed by atoms with Gasteiger partial charge in [-0.2, -0.15) is 22.7 Å². The van der Waals surface area contributed by atoms with Gasteiger partial charge in [0.05, 0.1) is 5.56 Å². The van der Waals surface area contributed by atoms with E-state index in [1.54, 1.807) is 12.1 Å². The van der Waals surface area contributed by atoms with Crippen LogP contribution in [0.4, 0.5) is 13.2 Å². The Morgan fingerprint density at radius 1 is 1.03 bits per heavy atom. The third-order valence-corrected chi connectivity index (χ3v) is 5.83. The van der Waals surface area contributed by atoms with E-state index in [9.17, 15) is 18.0 Å². The minimum absolute atomic E-state index is 0.274. The molecule has 0 saturated heterocycles. The quantitative estimate of drug-likeness (QED) is 0.388. The monoisotopic (exact) mass is 453 g/mol. The zero-order valence-electron chi connectivity index (χ0n) is 16.6. The largest absolute Gasteiger partial charge is 0.457 e. The molecule has 0 radical (unpaired) electrons. The summed E-state index contributed by atoms with van der Waals surface area (Å²) in [6.07, 6.45) is -2.91. The number of thiazole rings is 1. The van der Waals surface area contributed by atoms with Crippen LogP contribution in [0.2, 0.25) is 0 Å². The Balaban J connectivity index is 1.48. The van der Waals surface area contributed by atoms with Crippen molar-refractivity contribution in [3.05, 3.63) is 92.4 Å². The van der Waals surface area contributed by atoms with Crippen LogP contribution in [0.5, 0.6) is 0 Å². The normalized spacial score (nSPS) is 12.7. The number of aryl methyl sites for hydroxylation is 1. The zero-order valence-corrected chi connectivity index (χ0v) is 17.4. The summed E-state index contributed by atoms with van der Waals surface area (Å²) in [7, 11) is 0. The molecule has 32 heavy (non-hydrogen) atoms. The van der Waals surface area contributed by atoms with Gasteiger partial charge in [-0.3, -0.25) is 4.79 Å². The fourth-order valence-corrected chi connectivity index (χ4v) is 4.11. The van der Waals surface area contributed by atoms with E-state index in [1.807, 2.05) is 31.2 Å². The summed E-state index contributed by atoms with van der Waals surface area (Å²) in [4.78, 5) is 17.6. The standard InChI is InChI=1S/C23H14F3N3O2S/c1-13-5-7-14(8-6-13)20-27-22-29(28-20)21(30)19(32-22)12-17-9-10-18(31-17)15-3-2-4-16(11-15)23(24,25)26/h2-12H,1H3/b19-12-. The lowest BCUT2D eigenvalue weighted by Crippen LogP contribution is -2.23. The van der Waals surface area contributed by atoms with Crippen LogP contribution in [-0.4, -0.2) is 14.6 Å². The molecule has 5 rings (SSSR count). The van der Waals surface area contributed by atoms with Crippen LogP contribution in [0, 0.1) is 6.92 Å². The van der Waals surface area contributed by atoms with Gasteiger partial charge in [-0.15, -0.1) is 5.10 Å². The van der Waals surface area contributed by atoms with Gasteiger partial charge in [0, 0.05) is 17.2 Å². The van der Waals surface area contributed by atoms with Crippen LogP contribution >= 0.6 is 11.3 Å². The molecular formula is C23H14F3N3O2S. The second-order valence-corrected chi connectivity index (χ2v) is 8.20. The number of furan rings is 1. The molecule has 0 fully saturated rings. The van der Waals surface area contributed by atoms with Crippen molar-refractivity contribution < 1.29 is 17.6 Å². The molecule has 9 heteroatoms. The highest BCUT2D eigenvalue weighted by Crippen LogP contribution is 2.32. The third kappa shape index (κ3) is 3.71. The van der Waals surface area contributed by atoms with Gasteiger partial charge in [-0.05, 0) is 31.2 Å². The maximum absolute atomic E-state index is 13.0. The number of fused-ring (bicyclic) bond motifs is 1. The molecule has 5 nitrogen and oxygen atoms in total. The molecule has 0 aliphatic carbocycles. The lowest BCUT2D eigenvalue weighted by atomic mass is 10.1. The highest BCUT2D eigenvalue weighted by atomic mass is 32.1. The maximum atomic E-state index is 13.0. The molecule has 160 valence electrons. The second-order valence-electron chi connectivity index (χ2n) is 7.19. The first kappa shape index (κ1) is 20.2. The van der Waals surface area contributed by atoms with Gasteiger partial charge < -0.3 is 4.42 Å². The summed E-state index contributed by atoms with van der Waals surface area (Å²) in [5.74, 6) is 1.08. The van der Waals surface area contributed by atoms with Crippen molar-refractivity contribution in [3.8, 4) is 22.7 Å². The topological polar surface area (TPSA) is 60.4 Å².